The monoisotopic (exact) mass is 340 g/mol. The first-order valence-corrected chi connectivity index (χ1v) is 8.72. The van der Waals surface area contributed by atoms with Gasteiger partial charge in [0.05, 0.1) is 11.8 Å². The Morgan fingerprint density at radius 1 is 1.12 bits per heavy atom. The number of ketones is 1. The number of rotatable bonds is 4. The van der Waals surface area contributed by atoms with Crippen LogP contribution in [-0.4, -0.2) is 34.9 Å². The van der Waals surface area contributed by atoms with Crippen molar-refractivity contribution in [1.82, 2.24) is 4.90 Å². The van der Waals surface area contributed by atoms with Gasteiger partial charge in [0, 0.05) is 11.3 Å². The molecule has 4 atom stereocenters. The summed E-state index contributed by atoms with van der Waals surface area (Å²) >= 11 is 0. The van der Waals surface area contributed by atoms with Crippen molar-refractivity contribution < 1.29 is 19.2 Å². The molecule has 3 fully saturated rings. The Labute approximate surface area is 145 Å². The van der Waals surface area contributed by atoms with Crippen LogP contribution in [0.15, 0.2) is 24.3 Å². The largest absolute Gasteiger partial charge is 0.325 e. The van der Waals surface area contributed by atoms with E-state index in [1.165, 1.54) is 6.92 Å². The van der Waals surface area contributed by atoms with Crippen LogP contribution < -0.4 is 5.32 Å². The molecule has 1 aliphatic heterocycles. The van der Waals surface area contributed by atoms with Gasteiger partial charge in [0.15, 0.2) is 5.78 Å². The molecule has 3 amide bonds. The molecule has 6 heteroatoms. The fraction of sp³-hybridized carbons (Fsp3) is 0.474. The highest BCUT2D eigenvalue weighted by Gasteiger charge is 2.60. The predicted octanol–water partition coefficient (Wildman–Crippen LogP) is 1.86. The van der Waals surface area contributed by atoms with Gasteiger partial charge in [-0.3, -0.25) is 24.1 Å². The van der Waals surface area contributed by atoms with E-state index in [4.69, 9.17) is 0 Å². The second-order valence-electron chi connectivity index (χ2n) is 7.33. The number of amides is 3. The van der Waals surface area contributed by atoms with Gasteiger partial charge in [-0.1, -0.05) is 12.1 Å². The van der Waals surface area contributed by atoms with Crippen molar-refractivity contribution in [2.24, 2.45) is 23.7 Å². The lowest BCUT2D eigenvalue weighted by molar-refractivity contribution is -0.143. The molecule has 6 nitrogen and oxygen atoms in total. The summed E-state index contributed by atoms with van der Waals surface area (Å²) in [5, 5.41) is 2.67. The predicted molar refractivity (Wildman–Crippen MR) is 89.6 cm³/mol. The van der Waals surface area contributed by atoms with Gasteiger partial charge in [0.25, 0.3) is 0 Å². The van der Waals surface area contributed by atoms with E-state index in [1.54, 1.807) is 24.3 Å². The number of nitrogens with zero attached hydrogens (tertiary/aromatic N) is 1. The van der Waals surface area contributed by atoms with Crippen molar-refractivity contribution in [3.63, 3.8) is 0 Å². The zero-order valence-corrected chi connectivity index (χ0v) is 14.0. The number of carbonyl (C=O) groups excluding carboxylic acids is 4. The average molecular weight is 340 g/mol. The highest BCUT2D eigenvalue weighted by Crippen LogP contribution is 2.56. The number of nitrogens with one attached hydrogen (secondary N) is 1. The number of imide groups is 1. The Hall–Kier alpha value is -2.50. The Balaban J connectivity index is 1.45. The van der Waals surface area contributed by atoms with Crippen LogP contribution in [0.1, 0.15) is 36.5 Å². The van der Waals surface area contributed by atoms with E-state index in [-0.39, 0.29) is 36.0 Å². The van der Waals surface area contributed by atoms with Crippen LogP contribution in [0.25, 0.3) is 0 Å². The molecular weight excluding hydrogens is 320 g/mol. The summed E-state index contributed by atoms with van der Waals surface area (Å²) in [6.07, 6.45) is 3.01. The van der Waals surface area contributed by atoms with E-state index in [1.807, 2.05) is 0 Å². The van der Waals surface area contributed by atoms with Gasteiger partial charge in [-0.15, -0.1) is 0 Å². The number of hydrogen-bond acceptors (Lipinski definition) is 4. The van der Waals surface area contributed by atoms with Gasteiger partial charge < -0.3 is 5.32 Å². The number of anilines is 1. The number of Topliss-reactive ketones (excluding diaryl/α,β-unsaturated/α-hetero) is 1. The lowest BCUT2D eigenvalue weighted by Crippen LogP contribution is -2.39. The van der Waals surface area contributed by atoms with Crippen molar-refractivity contribution in [2.75, 3.05) is 11.9 Å². The van der Waals surface area contributed by atoms with Crippen molar-refractivity contribution in [3.05, 3.63) is 29.8 Å². The molecule has 2 saturated carbocycles. The minimum atomic E-state index is -0.422. The summed E-state index contributed by atoms with van der Waals surface area (Å²) in [6, 6.07) is 6.61. The van der Waals surface area contributed by atoms with Gasteiger partial charge >= 0.3 is 0 Å². The van der Waals surface area contributed by atoms with E-state index >= 15 is 0 Å². The van der Waals surface area contributed by atoms with E-state index in [9.17, 15) is 19.2 Å². The molecule has 0 spiro atoms. The van der Waals surface area contributed by atoms with Crippen LogP contribution in [-0.2, 0) is 14.4 Å². The van der Waals surface area contributed by atoms with E-state index in [0.717, 1.165) is 24.2 Å². The van der Waals surface area contributed by atoms with E-state index < -0.39 is 5.91 Å². The summed E-state index contributed by atoms with van der Waals surface area (Å²) in [4.78, 5) is 50.0. The molecule has 1 heterocycles. The highest BCUT2D eigenvalue weighted by molar-refractivity contribution is 6.09. The first-order chi connectivity index (χ1) is 12.0. The normalized spacial score (nSPS) is 29.9. The van der Waals surface area contributed by atoms with Gasteiger partial charge in [0.1, 0.15) is 6.54 Å². The maximum atomic E-state index is 12.6. The summed E-state index contributed by atoms with van der Waals surface area (Å²) in [5.74, 6) is -0.678. The molecule has 1 N–H and O–H groups in total. The third-order valence-electron chi connectivity index (χ3n) is 5.87. The second kappa shape index (κ2) is 5.79. The maximum Gasteiger partial charge on any atom is 0.244 e. The van der Waals surface area contributed by atoms with E-state index in [2.05, 4.69) is 5.32 Å². The second-order valence-corrected chi connectivity index (χ2v) is 7.33. The van der Waals surface area contributed by atoms with Crippen LogP contribution in [0.3, 0.4) is 0 Å². The molecule has 4 rings (SSSR count). The minimum Gasteiger partial charge on any atom is -0.325 e. The Morgan fingerprint density at radius 3 is 2.36 bits per heavy atom. The summed E-state index contributed by atoms with van der Waals surface area (Å²) < 4.78 is 0. The zero-order valence-electron chi connectivity index (χ0n) is 14.0. The summed E-state index contributed by atoms with van der Waals surface area (Å²) in [5.41, 5.74) is 0.981. The van der Waals surface area contributed by atoms with Crippen LogP contribution in [0.5, 0.6) is 0 Å². The average Bonchev–Trinajstić information content (AvgIpc) is 3.25. The number of hydrogen-bond donors (Lipinski definition) is 1. The number of likely N-dealkylation sites (tertiary alicyclic amines) is 1. The molecule has 2 bridgehead atoms. The van der Waals surface area contributed by atoms with Crippen molar-refractivity contribution >= 4 is 29.2 Å². The minimum absolute atomic E-state index is 0.0932. The molecule has 25 heavy (non-hydrogen) atoms. The molecular formula is C19H20N2O4. The fourth-order valence-electron chi connectivity index (χ4n) is 4.79. The lowest BCUT2D eigenvalue weighted by atomic mass is 9.81. The van der Waals surface area contributed by atoms with Crippen molar-refractivity contribution in [3.8, 4) is 0 Å². The van der Waals surface area contributed by atoms with Gasteiger partial charge in [-0.2, -0.15) is 0 Å². The van der Waals surface area contributed by atoms with Crippen LogP contribution in [0.2, 0.25) is 0 Å². The first kappa shape index (κ1) is 16.0. The zero-order chi connectivity index (χ0) is 17.7. The first-order valence-electron chi connectivity index (χ1n) is 8.72. The van der Waals surface area contributed by atoms with Crippen molar-refractivity contribution in [2.45, 2.75) is 26.2 Å². The smallest absolute Gasteiger partial charge is 0.244 e. The molecule has 1 aromatic carbocycles. The van der Waals surface area contributed by atoms with E-state index in [0.29, 0.717) is 23.1 Å². The Morgan fingerprint density at radius 2 is 1.76 bits per heavy atom. The highest BCUT2D eigenvalue weighted by atomic mass is 16.2. The number of fused-ring (bicyclic) bond motifs is 5. The van der Waals surface area contributed by atoms with Crippen LogP contribution in [0, 0.1) is 23.7 Å². The summed E-state index contributed by atoms with van der Waals surface area (Å²) in [6.45, 7) is 1.20. The SMILES string of the molecule is CC(=O)c1cccc(NC(=O)CN2C(=O)[C@H]3[C@H]4CC[C@@H](C4)[C@@H]3C2=O)c1. The maximum absolute atomic E-state index is 12.6. The topological polar surface area (TPSA) is 83.6 Å². The molecule has 3 aliphatic rings. The van der Waals surface area contributed by atoms with Gasteiger partial charge in [0.2, 0.25) is 17.7 Å². The molecule has 1 saturated heterocycles. The van der Waals surface area contributed by atoms with Crippen LogP contribution in [0.4, 0.5) is 5.69 Å². The Kier molecular flexibility index (Phi) is 3.71. The lowest BCUT2D eigenvalue weighted by Gasteiger charge is -2.19. The third kappa shape index (κ3) is 2.56. The van der Waals surface area contributed by atoms with Gasteiger partial charge in [-0.25, -0.2) is 0 Å². The Bertz CT molecular complexity index is 759. The number of carbonyl (C=O) groups is 4. The van der Waals surface area contributed by atoms with Crippen LogP contribution >= 0.6 is 0 Å². The summed E-state index contributed by atoms with van der Waals surface area (Å²) in [7, 11) is 0. The standard InChI is InChI=1S/C19H20N2O4/c1-10(22)11-3-2-4-14(8-11)20-15(23)9-21-18(24)16-12-5-6-13(7-12)17(16)19(21)25/h2-4,8,12-13,16-17H,5-7,9H2,1H3,(H,20,23)/t12-,13-,16-,17-/m0/s1. The van der Waals surface area contributed by atoms with Gasteiger partial charge in [-0.05, 0) is 50.2 Å². The molecule has 0 aromatic heterocycles. The molecule has 0 radical (unpaired) electrons. The molecule has 2 aliphatic carbocycles. The fourth-order valence-corrected chi connectivity index (χ4v) is 4.79. The third-order valence-corrected chi connectivity index (χ3v) is 5.87. The molecule has 1 aromatic rings. The number of benzene rings is 1. The molecule has 130 valence electrons. The van der Waals surface area contributed by atoms with Crippen molar-refractivity contribution in [1.29, 1.82) is 0 Å². The molecule has 0 unspecified atom stereocenters. The quantitative estimate of drug-likeness (QED) is 0.670.